The van der Waals surface area contributed by atoms with E-state index >= 15 is 0 Å². The van der Waals surface area contributed by atoms with Gasteiger partial charge in [0.05, 0.1) is 26.3 Å². The number of esters is 1. The molecule has 2 N–H and O–H groups in total. The van der Waals surface area contributed by atoms with E-state index in [4.69, 9.17) is 14.2 Å². The normalized spacial score (nSPS) is 11.3. The minimum atomic E-state index is -1.11. The third-order valence-electron chi connectivity index (χ3n) is 4.50. The zero-order valence-corrected chi connectivity index (χ0v) is 19.6. The van der Waals surface area contributed by atoms with Crippen LogP contribution in [0.5, 0.6) is 11.5 Å². The van der Waals surface area contributed by atoms with Crippen molar-refractivity contribution in [3.63, 3.8) is 0 Å². The largest absolute Gasteiger partial charge is 0.495 e. The minimum Gasteiger partial charge on any atom is -0.495 e. The quantitative estimate of drug-likeness (QED) is 0.547. The predicted octanol–water partition coefficient (Wildman–Crippen LogP) is 3.38. The van der Waals surface area contributed by atoms with Crippen molar-refractivity contribution in [2.24, 2.45) is 0 Å². The standard InChI is InChI=1S/C22H25BrN2O6/c1-12-7-6-8-13(2)20(12)25-18(26)11-24-21(27)14(3)31-22(28)15-9-16(29-4)19(23)17(10-15)30-5/h6-10,14H,11H2,1-5H3,(H,24,27)(H,25,26). The number of rotatable bonds is 8. The fourth-order valence-electron chi connectivity index (χ4n) is 2.78. The molecular weight excluding hydrogens is 468 g/mol. The van der Waals surface area contributed by atoms with Gasteiger partial charge in [-0.05, 0) is 60.0 Å². The summed E-state index contributed by atoms with van der Waals surface area (Å²) in [6.45, 7) is 4.93. The van der Waals surface area contributed by atoms with Crippen molar-refractivity contribution in [3.8, 4) is 11.5 Å². The summed E-state index contributed by atoms with van der Waals surface area (Å²) in [7, 11) is 2.91. The van der Waals surface area contributed by atoms with Crippen molar-refractivity contribution in [3.05, 3.63) is 51.5 Å². The summed E-state index contributed by atoms with van der Waals surface area (Å²) in [6, 6.07) is 8.60. The summed E-state index contributed by atoms with van der Waals surface area (Å²) >= 11 is 3.32. The van der Waals surface area contributed by atoms with Crippen molar-refractivity contribution < 1.29 is 28.6 Å². The lowest BCUT2D eigenvalue weighted by Gasteiger charge is -2.16. The Morgan fingerprint density at radius 3 is 2.10 bits per heavy atom. The summed E-state index contributed by atoms with van der Waals surface area (Å²) in [5.41, 5.74) is 2.70. The van der Waals surface area contributed by atoms with Gasteiger partial charge in [-0.3, -0.25) is 9.59 Å². The van der Waals surface area contributed by atoms with Crippen LogP contribution in [0.1, 0.15) is 28.4 Å². The molecule has 0 aromatic heterocycles. The van der Waals surface area contributed by atoms with E-state index in [1.54, 1.807) is 0 Å². The molecule has 1 unspecified atom stereocenters. The Morgan fingerprint density at radius 1 is 1.03 bits per heavy atom. The second-order valence-corrected chi connectivity index (χ2v) is 7.57. The lowest BCUT2D eigenvalue weighted by atomic mass is 10.1. The van der Waals surface area contributed by atoms with E-state index in [-0.39, 0.29) is 18.0 Å². The maximum atomic E-state index is 12.5. The summed E-state index contributed by atoms with van der Waals surface area (Å²) in [4.78, 5) is 36.9. The van der Waals surface area contributed by atoms with Gasteiger partial charge in [0, 0.05) is 5.69 Å². The monoisotopic (exact) mass is 492 g/mol. The third-order valence-corrected chi connectivity index (χ3v) is 5.28. The molecule has 2 rings (SSSR count). The average Bonchev–Trinajstić information content (AvgIpc) is 2.74. The molecule has 8 nitrogen and oxygen atoms in total. The van der Waals surface area contributed by atoms with Crippen LogP contribution in [0.2, 0.25) is 0 Å². The molecule has 0 bridgehead atoms. The van der Waals surface area contributed by atoms with Crippen molar-refractivity contribution in [1.82, 2.24) is 5.32 Å². The van der Waals surface area contributed by atoms with Crippen LogP contribution in [0.3, 0.4) is 0 Å². The van der Waals surface area contributed by atoms with E-state index in [9.17, 15) is 14.4 Å². The van der Waals surface area contributed by atoms with Crippen LogP contribution in [0.25, 0.3) is 0 Å². The van der Waals surface area contributed by atoms with Crippen LogP contribution in [0.15, 0.2) is 34.8 Å². The highest BCUT2D eigenvalue weighted by Crippen LogP contribution is 2.35. The first-order valence-corrected chi connectivity index (χ1v) is 10.2. The van der Waals surface area contributed by atoms with Gasteiger partial charge in [-0.1, -0.05) is 18.2 Å². The Morgan fingerprint density at radius 2 is 1.58 bits per heavy atom. The maximum absolute atomic E-state index is 12.5. The van der Waals surface area contributed by atoms with E-state index in [1.807, 2.05) is 32.0 Å². The van der Waals surface area contributed by atoms with Gasteiger partial charge in [0.2, 0.25) is 5.91 Å². The Labute approximate surface area is 189 Å². The molecule has 2 aromatic carbocycles. The fraction of sp³-hybridized carbons (Fsp3) is 0.318. The molecule has 1 atom stereocenters. The number of anilines is 1. The molecule has 0 saturated carbocycles. The molecule has 9 heteroatoms. The van der Waals surface area contributed by atoms with Crippen LogP contribution in [-0.4, -0.2) is 44.7 Å². The molecule has 0 aliphatic rings. The van der Waals surface area contributed by atoms with Gasteiger partial charge in [-0.2, -0.15) is 0 Å². The molecule has 0 saturated heterocycles. The Bertz CT molecular complexity index is 947. The first-order chi connectivity index (χ1) is 14.7. The second-order valence-electron chi connectivity index (χ2n) is 6.78. The zero-order chi connectivity index (χ0) is 23.1. The Kier molecular flexibility index (Phi) is 8.44. The number of aryl methyl sites for hydroxylation is 2. The van der Waals surface area contributed by atoms with E-state index in [2.05, 4.69) is 26.6 Å². The Hall–Kier alpha value is -3.07. The Balaban J connectivity index is 1.95. The predicted molar refractivity (Wildman–Crippen MR) is 120 cm³/mol. The van der Waals surface area contributed by atoms with Crippen molar-refractivity contribution in [2.45, 2.75) is 26.9 Å². The number of carbonyl (C=O) groups is 3. The third kappa shape index (κ3) is 6.21. The second kappa shape index (κ2) is 10.8. The summed E-state index contributed by atoms with van der Waals surface area (Å²) < 4.78 is 16.2. The maximum Gasteiger partial charge on any atom is 0.339 e. The highest BCUT2D eigenvalue weighted by molar-refractivity contribution is 9.10. The van der Waals surface area contributed by atoms with Crippen LogP contribution in [0, 0.1) is 13.8 Å². The molecule has 31 heavy (non-hydrogen) atoms. The number of halogens is 1. The zero-order valence-electron chi connectivity index (χ0n) is 18.0. The number of carbonyl (C=O) groups excluding carboxylic acids is 3. The molecule has 0 spiro atoms. The number of para-hydroxylation sites is 1. The number of hydrogen-bond donors (Lipinski definition) is 2. The van der Waals surface area contributed by atoms with Gasteiger partial charge < -0.3 is 24.8 Å². The molecule has 2 aromatic rings. The first-order valence-electron chi connectivity index (χ1n) is 9.44. The highest BCUT2D eigenvalue weighted by atomic mass is 79.9. The van der Waals surface area contributed by atoms with Crippen LogP contribution in [0.4, 0.5) is 5.69 Å². The minimum absolute atomic E-state index is 0.157. The van der Waals surface area contributed by atoms with Gasteiger partial charge in [0.25, 0.3) is 5.91 Å². The van der Waals surface area contributed by atoms with E-state index in [0.717, 1.165) is 11.1 Å². The topological polar surface area (TPSA) is 103 Å². The first kappa shape index (κ1) is 24.2. The van der Waals surface area contributed by atoms with Crippen molar-refractivity contribution >= 4 is 39.4 Å². The molecule has 0 radical (unpaired) electrons. The molecule has 166 valence electrons. The van der Waals surface area contributed by atoms with Gasteiger partial charge in [0.1, 0.15) is 16.0 Å². The number of nitrogens with one attached hydrogen (secondary N) is 2. The van der Waals surface area contributed by atoms with E-state index in [0.29, 0.717) is 21.7 Å². The summed E-state index contributed by atoms with van der Waals surface area (Å²) in [6.07, 6.45) is -1.11. The van der Waals surface area contributed by atoms with Crippen LogP contribution >= 0.6 is 15.9 Å². The average molecular weight is 493 g/mol. The van der Waals surface area contributed by atoms with Crippen LogP contribution in [-0.2, 0) is 14.3 Å². The van der Waals surface area contributed by atoms with Gasteiger partial charge in [-0.25, -0.2) is 4.79 Å². The van der Waals surface area contributed by atoms with Crippen LogP contribution < -0.4 is 20.1 Å². The summed E-state index contributed by atoms with van der Waals surface area (Å²) in [5, 5.41) is 5.24. The lowest BCUT2D eigenvalue weighted by molar-refractivity contribution is -0.130. The van der Waals surface area contributed by atoms with Gasteiger partial charge in [-0.15, -0.1) is 0 Å². The molecule has 0 aliphatic carbocycles. The number of benzene rings is 2. The fourth-order valence-corrected chi connectivity index (χ4v) is 3.33. The smallest absolute Gasteiger partial charge is 0.339 e. The van der Waals surface area contributed by atoms with Crippen molar-refractivity contribution in [2.75, 3.05) is 26.1 Å². The van der Waals surface area contributed by atoms with E-state index in [1.165, 1.54) is 33.3 Å². The summed E-state index contributed by atoms with van der Waals surface area (Å²) in [5.74, 6) is -0.947. The van der Waals surface area contributed by atoms with E-state index < -0.39 is 18.0 Å². The molecule has 0 fully saturated rings. The number of methoxy groups -OCH3 is 2. The SMILES string of the molecule is COc1cc(C(=O)OC(C)C(=O)NCC(=O)Nc2c(C)cccc2C)cc(OC)c1Br. The lowest BCUT2D eigenvalue weighted by Crippen LogP contribution is -2.40. The van der Waals surface area contributed by atoms with Gasteiger partial charge >= 0.3 is 5.97 Å². The number of amides is 2. The van der Waals surface area contributed by atoms with Crippen molar-refractivity contribution in [1.29, 1.82) is 0 Å². The molecule has 0 aliphatic heterocycles. The molecule has 2 amide bonds. The highest BCUT2D eigenvalue weighted by Gasteiger charge is 2.22. The number of hydrogen-bond acceptors (Lipinski definition) is 6. The molecule has 0 heterocycles. The molecular formula is C22H25BrN2O6. The number of ether oxygens (including phenoxy) is 3. The van der Waals surface area contributed by atoms with Gasteiger partial charge in [0.15, 0.2) is 6.10 Å².